The maximum Gasteiger partial charge on any atom is 0.229 e. The first kappa shape index (κ1) is 14.4. The van der Waals surface area contributed by atoms with E-state index in [-0.39, 0.29) is 30.3 Å². The molecule has 1 aromatic rings. The van der Waals surface area contributed by atoms with E-state index in [1.54, 1.807) is 0 Å². The molecule has 1 saturated carbocycles. The molecular formula is C11H18ClN3OS. The molecule has 1 aliphatic rings. The van der Waals surface area contributed by atoms with Gasteiger partial charge in [-0.05, 0) is 26.2 Å². The highest BCUT2D eigenvalue weighted by Crippen LogP contribution is 2.25. The van der Waals surface area contributed by atoms with E-state index >= 15 is 0 Å². The van der Waals surface area contributed by atoms with Gasteiger partial charge in [0.1, 0.15) is 0 Å². The van der Waals surface area contributed by atoms with Crippen molar-refractivity contribution in [3.05, 3.63) is 11.1 Å². The third kappa shape index (κ3) is 3.94. The zero-order chi connectivity index (χ0) is 11.5. The second-order valence-electron chi connectivity index (χ2n) is 4.41. The van der Waals surface area contributed by atoms with E-state index in [9.17, 15) is 4.79 Å². The topological polar surface area (TPSA) is 68.0 Å². The summed E-state index contributed by atoms with van der Waals surface area (Å²) in [5.41, 5.74) is 6.81. The Balaban J connectivity index is 0.00000144. The minimum Gasteiger partial charge on any atom is -0.328 e. The highest BCUT2D eigenvalue weighted by Gasteiger charge is 2.25. The highest BCUT2D eigenvalue weighted by molar-refractivity contribution is 7.13. The Bertz CT molecular complexity index is 383. The monoisotopic (exact) mass is 275 g/mol. The van der Waals surface area contributed by atoms with Gasteiger partial charge in [-0.1, -0.05) is 6.42 Å². The molecule has 96 valence electrons. The molecule has 1 aliphatic carbocycles. The van der Waals surface area contributed by atoms with E-state index in [1.807, 2.05) is 12.3 Å². The molecule has 2 rings (SSSR count). The van der Waals surface area contributed by atoms with E-state index in [0.717, 1.165) is 31.4 Å². The van der Waals surface area contributed by atoms with Gasteiger partial charge in [-0.3, -0.25) is 4.79 Å². The lowest BCUT2D eigenvalue weighted by Gasteiger charge is -2.25. The number of halogens is 1. The van der Waals surface area contributed by atoms with Crippen molar-refractivity contribution < 1.29 is 4.79 Å². The minimum absolute atomic E-state index is 0. The van der Waals surface area contributed by atoms with Crippen molar-refractivity contribution in [3.63, 3.8) is 0 Å². The lowest BCUT2D eigenvalue weighted by Crippen LogP contribution is -2.34. The molecule has 2 atom stereocenters. The number of hydrogen-bond acceptors (Lipinski definition) is 4. The average molecular weight is 276 g/mol. The van der Waals surface area contributed by atoms with Gasteiger partial charge in [0, 0.05) is 17.3 Å². The molecule has 0 saturated heterocycles. The maximum atomic E-state index is 11.9. The number of amides is 1. The van der Waals surface area contributed by atoms with E-state index < -0.39 is 0 Å². The van der Waals surface area contributed by atoms with Crippen LogP contribution < -0.4 is 11.1 Å². The molecule has 0 aliphatic heterocycles. The summed E-state index contributed by atoms with van der Waals surface area (Å²) in [5, 5.41) is 5.49. The van der Waals surface area contributed by atoms with Crippen LogP contribution in [0.5, 0.6) is 0 Å². The Morgan fingerprint density at radius 2 is 2.35 bits per heavy atom. The van der Waals surface area contributed by atoms with Crippen LogP contribution in [0, 0.1) is 12.8 Å². The van der Waals surface area contributed by atoms with E-state index in [4.69, 9.17) is 5.73 Å². The average Bonchev–Trinajstić information content (AvgIpc) is 2.64. The van der Waals surface area contributed by atoms with Crippen LogP contribution in [0.3, 0.4) is 0 Å². The molecule has 0 bridgehead atoms. The molecule has 4 nitrogen and oxygen atoms in total. The number of carbonyl (C=O) groups excluding carboxylic acids is 1. The number of thiazole rings is 1. The van der Waals surface area contributed by atoms with Crippen LogP contribution >= 0.6 is 23.7 Å². The van der Waals surface area contributed by atoms with Crippen molar-refractivity contribution in [3.8, 4) is 0 Å². The van der Waals surface area contributed by atoms with Crippen LogP contribution in [0.2, 0.25) is 0 Å². The number of aromatic nitrogens is 1. The van der Waals surface area contributed by atoms with Gasteiger partial charge in [-0.25, -0.2) is 4.98 Å². The summed E-state index contributed by atoms with van der Waals surface area (Å²) >= 11 is 1.47. The Kier molecular flexibility index (Phi) is 5.36. The third-order valence-electron chi connectivity index (χ3n) is 2.93. The molecule has 1 aromatic heterocycles. The second kappa shape index (κ2) is 6.33. The minimum atomic E-state index is 0. The fourth-order valence-electron chi connectivity index (χ4n) is 2.08. The Labute approximate surface area is 111 Å². The molecule has 0 radical (unpaired) electrons. The zero-order valence-electron chi connectivity index (χ0n) is 9.81. The normalized spacial score (nSPS) is 23.9. The van der Waals surface area contributed by atoms with Crippen LogP contribution in [0.15, 0.2) is 5.38 Å². The molecule has 6 heteroatoms. The van der Waals surface area contributed by atoms with Crippen molar-refractivity contribution in [1.29, 1.82) is 0 Å². The lowest BCUT2D eigenvalue weighted by molar-refractivity contribution is -0.120. The van der Waals surface area contributed by atoms with E-state index in [2.05, 4.69) is 10.3 Å². The molecule has 0 aromatic carbocycles. The lowest BCUT2D eigenvalue weighted by atomic mass is 9.86. The summed E-state index contributed by atoms with van der Waals surface area (Å²) in [6.07, 6.45) is 3.84. The Morgan fingerprint density at radius 1 is 1.59 bits per heavy atom. The standard InChI is InChI=1S/C11H17N3OS.ClH/c1-7-6-16-11(13-7)14-10(15)8-3-2-4-9(12)5-8;/h6,8-9H,2-5,12H2,1H3,(H,13,14,15);1H. The van der Waals surface area contributed by atoms with Crippen molar-refractivity contribution in [2.45, 2.75) is 38.6 Å². The van der Waals surface area contributed by atoms with Crippen LogP contribution in [-0.4, -0.2) is 16.9 Å². The molecule has 0 spiro atoms. The number of nitrogens with one attached hydrogen (secondary N) is 1. The van der Waals surface area contributed by atoms with E-state index in [0.29, 0.717) is 5.13 Å². The molecule has 1 fully saturated rings. The quantitative estimate of drug-likeness (QED) is 0.870. The SMILES string of the molecule is Cc1csc(NC(=O)C2CCCC(N)C2)n1.Cl. The Hall–Kier alpha value is -0.650. The van der Waals surface area contributed by atoms with Gasteiger partial charge in [0.05, 0.1) is 5.69 Å². The first-order chi connectivity index (χ1) is 7.65. The van der Waals surface area contributed by atoms with Crippen molar-refractivity contribution in [1.82, 2.24) is 4.98 Å². The van der Waals surface area contributed by atoms with Crippen molar-refractivity contribution >= 4 is 34.8 Å². The largest absolute Gasteiger partial charge is 0.328 e. The summed E-state index contributed by atoms with van der Waals surface area (Å²) in [5.74, 6) is 0.137. The third-order valence-corrected chi connectivity index (χ3v) is 3.81. The van der Waals surface area contributed by atoms with Gasteiger partial charge in [-0.2, -0.15) is 0 Å². The van der Waals surface area contributed by atoms with Crippen molar-refractivity contribution in [2.75, 3.05) is 5.32 Å². The summed E-state index contributed by atoms with van der Waals surface area (Å²) in [7, 11) is 0. The van der Waals surface area contributed by atoms with Gasteiger partial charge in [0.15, 0.2) is 5.13 Å². The first-order valence-electron chi connectivity index (χ1n) is 5.63. The predicted molar refractivity (Wildman–Crippen MR) is 72.7 cm³/mol. The first-order valence-corrected chi connectivity index (χ1v) is 6.51. The van der Waals surface area contributed by atoms with Crippen LogP contribution in [0.25, 0.3) is 0 Å². The molecule has 3 N–H and O–H groups in total. The van der Waals surface area contributed by atoms with Gasteiger partial charge in [-0.15, -0.1) is 23.7 Å². The summed E-state index contributed by atoms with van der Waals surface area (Å²) in [4.78, 5) is 16.1. The number of anilines is 1. The predicted octanol–water partition coefficient (Wildman–Crippen LogP) is 2.33. The fraction of sp³-hybridized carbons (Fsp3) is 0.636. The van der Waals surface area contributed by atoms with Gasteiger partial charge in [0.2, 0.25) is 5.91 Å². The number of hydrogen-bond donors (Lipinski definition) is 2. The second-order valence-corrected chi connectivity index (χ2v) is 5.27. The number of rotatable bonds is 2. The summed E-state index contributed by atoms with van der Waals surface area (Å²) < 4.78 is 0. The number of nitrogens with two attached hydrogens (primary N) is 1. The zero-order valence-corrected chi connectivity index (χ0v) is 11.4. The van der Waals surface area contributed by atoms with Gasteiger partial charge in [0.25, 0.3) is 0 Å². The number of aryl methyl sites for hydroxylation is 1. The molecule has 2 unspecified atom stereocenters. The maximum absolute atomic E-state index is 11.9. The van der Waals surface area contributed by atoms with Gasteiger partial charge >= 0.3 is 0 Å². The van der Waals surface area contributed by atoms with Crippen LogP contribution in [-0.2, 0) is 4.79 Å². The smallest absolute Gasteiger partial charge is 0.229 e. The Morgan fingerprint density at radius 3 is 2.94 bits per heavy atom. The fourth-order valence-corrected chi connectivity index (χ4v) is 2.78. The molecular weight excluding hydrogens is 258 g/mol. The van der Waals surface area contributed by atoms with Crippen LogP contribution in [0.4, 0.5) is 5.13 Å². The van der Waals surface area contributed by atoms with E-state index in [1.165, 1.54) is 11.3 Å². The van der Waals surface area contributed by atoms with Crippen LogP contribution in [0.1, 0.15) is 31.4 Å². The summed E-state index contributed by atoms with van der Waals surface area (Å²) in [6, 6.07) is 0.183. The highest BCUT2D eigenvalue weighted by atomic mass is 35.5. The van der Waals surface area contributed by atoms with Gasteiger partial charge < -0.3 is 11.1 Å². The van der Waals surface area contributed by atoms with Crippen molar-refractivity contribution in [2.24, 2.45) is 11.7 Å². The number of nitrogens with zero attached hydrogens (tertiary/aromatic N) is 1. The number of carbonyl (C=O) groups is 1. The molecule has 1 heterocycles. The summed E-state index contributed by atoms with van der Waals surface area (Å²) in [6.45, 7) is 1.92. The molecule has 17 heavy (non-hydrogen) atoms. The molecule has 1 amide bonds.